The van der Waals surface area contributed by atoms with E-state index in [2.05, 4.69) is 65.3 Å². The Bertz CT molecular complexity index is 541. The number of nitrogens with zero attached hydrogens (tertiary/aromatic N) is 3. The number of rotatable bonds is 3. The molecule has 22 heavy (non-hydrogen) atoms. The second-order valence-electron chi connectivity index (χ2n) is 6.73. The average molecular weight is 414 g/mol. The molecule has 3 rings (SSSR count). The molecule has 1 N–H and O–H groups in total. The lowest BCUT2D eigenvalue weighted by Crippen LogP contribution is -2.54. The van der Waals surface area contributed by atoms with E-state index in [1.54, 1.807) is 0 Å². The number of benzene rings is 1. The molecular formula is C17H27IN4. The minimum Gasteiger partial charge on any atom is -0.354 e. The summed E-state index contributed by atoms with van der Waals surface area (Å²) in [5.41, 5.74) is 3.11. The highest BCUT2D eigenvalue weighted by Gasteiger charge is 2.30. The molecule has 1 aromatic carbocycles. The average Bonchev–Trinajstić information content (AvgIpc) is 2.90. The molecule has 0 saturated heterocycles. The molecule has 0 atom stereocenters. The third-order valence-corrected chi connectivity index (χ3v) is 4.72. The van der Waals surface area contributed by atoms with Gasteiger partial charge in [0.2, 0.25) is 0 Å². The van der Waals surface area contributed by atoms with Gasteiger partial charge in [-0.25, -0.2) is 0 Å². The van der Waals surface area contributed by atoms with Crippen molar-refractivity contribution in [1.82, 2.24) is 15.1 Å². The van der Waals surface area contributed by atoms with Gasteiger partial charge >= 0.3 is 0 Å². The van der Waals surface area contributed by atoms with Gasteiger partial charge < -0.3 is 10.2 Å². The maximum absolute atomic E-state index is 4.51. The molecule has 0 bridgehead atoms. The highest BCUT2D eigenvalue weighted by Crippen LogP contribution is 2.24. The highest BCUT2D eigenvalue weighted by molar-refractivity contribution is 14.0. The summed E-state index contributed by atoms with van der Waals surface area (Å²) in [6, 6.07) is 8.82. The molecule has 5 heteroatoms. The van der Waals surface area contributed by atoms with E-state index < -0.39 is 0 Å². The second-order valence-corrected chi connectivity index (χ2v) is 6.73. The molecular weight excluding hydrogens is 387 g/mol. The van der Waals surface area contributed by atoms with E-state index in [1.807, 2.05) is 0 Å². The van der Waals surface area contributed by atoms with E-state index in [-0.39, 0.29) is 29.5 Å². The number of nitrogens with one attached hydrogen (secondary N) is 1. The fourth-order valence-corrected chi connectivity index (χ4v) is 3.14. The van der Waals surface area contributed by atoms with Gasteiger partial charge in [0.1, 0.15) is 0 Å². The fraction of sp³-hybridized carbons (Fsp3) is 0.588. The summed E-state index contributed by atoms with van der Waals surface area (Å²) < 4.78 is 0. The summed E-state index contributed by atoms with van der Waals surface area (Å²) in [4.78, 5) is 9.29. The molecule has 0 aliphatic carbocycles. The zero-order valence-corrected chi connectivity index (χ0v) is 16.1. The van der Waals surface area contributed by atoms with Crippen molar-refractivity contribution in [1.29, 1.82) is 0 Å². The molecule has 2 aliphatic heterocycles. The van der Waals surface area contributed by atoms with Gasteiger partial charge in [-0.15, -0.1) is 24.0 Å². The van der Waals surface area contributed by atoms with Crippen LogP contribution in [0.4, 0.5) is 0 Å². The smallest absolute Gasteiger partial charge is 0.193 e. The van der Waals surface area contributed by atoms with Crippen molar-refractivity contribution in [2.75, 3.05) is 33.2 Å². The predicted octanol–water partition coefficient (Wildman–Crippen LogP) is 2.33. The van der Waals surface area contributed by atoms with Crippen molar-refractivity contribution in [2.45, 2.75) is 32.4 Å². The molecule has 0 amide bonds. The number of guanidine groups is 1. The Morgan fingerprint density at radius 1 is 1.18 bits per heavy atom. The van der Waals surface area contributed by atoms with Crippen LogP contribution in [0.1, 0.15) is 25.0 Å². The van der Waals surface area contributed by atoms with Crippen molar-refractivity contribution < 1.29 is 0 Å². The first-order valence-electron chi connectivity index (χ1n) is 7.87. The van der Waals surface area contributed by atoms with Crippen molar-refractivity contribution in [2.24, 2.45) is 4.99 Å². The van der Waals surface area contributed by atoms with Crippen LogP contribution in [0.15, 0.2) is 29.3 Å². The summed E-state index contributed by atoms with van der Waals surface area (Å²) in [6.45, 7) is 9.70. The van der Waals surface area contributed by atoms with E-state index in [9.17, 15) is 0 Å². The van der Waals surface area contributed by atoms with Crippen LogP contribution in [-0.2, 0) is 13.0 Å². The monoisotopic (exact) mass is 414 g/mol. The molecule has 0 radical (unpaired) electrons. The summed E-state index contributed by atoms with van der Waals surface area (Å²) in [6.07, 6.45) is 1.15. The van der Waals surface area contributed by atoms with Crippen LogP contribution >= 0.6 is 24.0 Å². The molecule has 122 valence electrons. The van der Waals surface area contributed by atoms with Gasteiger partial charge in [0.25, 0.3) is 0 Å². The number of likely N-dealkylation sites (N-methyl/N-ethyl adjacent to an activating group) is 1. The van der Waals surface area contributed by atoms with E-state index in [0.717, 1.165) is 45.1 Å². The van der Waals surface area contributed by atoms with E-state index in [4.69, 9.17) is 0 Å². The lowest BCUT2D eigenvalue weighted by atomic mass is 9.94. The number of hydrogen-bond donors (Lipinski definition) is 1. The topological polar surface area (TPSA) is 30.9 Å². The molecule has 0 unspecified atom stereocenters. The Kier molecular flexibility index (Phi) is 5.71. The van der Waals surface area contributed by atoms with Crippen molar-refractivity contribution in [3.05, 3.63) is 35.4 Å². The molecule has 0 aromatic heterocycles. The van der Waals surface area contributed by atoms with Crippen LogP contribution in [0.3, 0.4) is 0 Å². The highest BCUT2D eigenvalue weighted by atomic mass is 127. The van der Waals surface area contributed by atoms with Crippen LogP contribution < -0.4 is 5.32 Å². The Balaban J connectivity index is 0.00000176. The summed E-state index contributed by atoms with van der Waals surface area (Å²) in [7, 11) is 2.10. The first kappa shape index (κ1) is 17.5. The summed E-state index contributed by atoms with van der Waals surface area (Å²) >= 11 is 0. The third kappa shape index (κ3) is 3.74. The minimum absolute atomic E-state index is 0. The van der Waals surface area contributed by atoms with Crippen molar-refractivity contribution in [3.8, 4) is 0 Å². The first-order chi connectivity index (χ1) is 10.1. The Morgan fingerprint density at radius 2 is 1.91 bits per heavy atom. The van der Waals surface area contributed by atoms with E-state index in [1.165, 1.54) is 11.1 Å². The van der Waals surface area contributed by atoms with Gasteiger partial charge in [0, 0.05) is 38.8 Å². The van der Waals surface area contributed by atoms with Crippen LogP contribution in [0.2, 0.25) is 0 Å². The summed E-state index contributed by atoms with van der Waals surface area (Å²) in [5, 5.41) is 3.53. The lowest BCUT2D eigenvalue weighted by molar-refractivity contribution is 0.107. The van der Waals surface area contributed by atoms with Gasteiger partial charge in [-0.2, -0.15) is 0 Å². The number of aliphatic imine (C=N–C) groups is 1. The van der Waals surface area contributed by atoms with Crippen LogP contribution in [-0.4, -0.2) is 54.5 Å². The number of fused-ring (bicyclic) bond motifs is 1. The van der Waals surface area contributed by atoms with Gasteiger partial charge in [0.15, 0.2) is 5.96 Å². The van der Waals surface area contributed by atoms with Gasteiger partial charge in [-0.3, -0.25) is 9.89 Å². The van der Waals surface area contributed by atoms with Crippen LogP contribution in [0.25, 0.3) is 0 Å². The quantitative estimate of drug-likeness (QED) is 0.771. The van der Waals surface area contributed by atoms with Crippen LogP contribution in [0.5, 0.6) is 0 Å². The normalized spacial score (nSPS) is 18.5. The van der Waals surface area contributed by atoms with Gasteiger partial charge in [0.05, 0.1) is 6.54 Å². The molecule has 0 saturated carbocycles. The van der Waals surface area contributed by atoms with Gasteiger partial charge in [-0.1, -0.05) is 24.3 Å². The molecule has 0 fully saturated rings. The SMILES string of the molecule is CN1CCN=C1NCC(C)(C)N1CCc2ccccc2C1.I. The maximum Gasteiger partial charge on any atom is 0.193 e. The zero-order chi connectivity index (χ0) is 14.9. The standard InChI is InChI=1S/C17H26N4.HI/c1-17(2,13-19-16-18-9-11-20(16)3)21-10-8-14-6-4-5-7-15(14)12-21;/h4-7H,8-13H2,1-3H3,(H,18,19);1H. The fourth-order valence-electron chi connectivity index (χ4n) is 3.14. The van der Waals surface area contributed by atoms with Gasteiger partial charge in [-0.05, 0) is 31.4 Å². The van der Waals surface area contributed by atoms with E-state index >= 15 is 0 Å². The van der Waals surface area contributed by atoms with Crippen molar-refractivity contribution >= 4 is 29.9 Å². The van der Waals surface area contributed by atoms with E-state index in [0.29, 0.717) is 0 Å². The number of halogens is 1. The van der Waals surface area contributed by atoms with Crippen LogP contribution in [0, 0.1) is 0 Å². The largest absolute Gasteiger partial charge is 0.354 e. The Morgan fingerprint density at radius 3 is 2.59 bits per heavy atom. The molecule has 1 aromatic rings. The second kappa shape index (κ2) is 7.17. The molecule has 2 heterocycles. The molecule has 0 spiro atoms. The molecule has 2 aliphatic rings. The first-order valence-corrected chi connectivity index (χ1v) is 7.87. The Labute approximate surface area is 151 Å². The predicted molar refractivity (Wildman–Crippen MR) is 103 cm³/mol. The maximum atomic E-state index is 4.51. The lowest BCUT2D eigenvalue weighted by Gasteiger charge is -2.42. The van der Waals surface area contributed by atoms with Crippen molar-refractivity contribution in [3.63, 3.8) is 0 Å². The summed E-state index contributed by atoms with van der Waals surface area (Å²) in [5.74, 6) is 1.04. The zero-order valence-electron chi connectivity index (χ0n) is 13.8. The third-order valence-electron chi connectivity index (χ3n) is 4.72. The molecule has 4 nitrogen and oxygen atoms in total. The minimum atomic E-state index is 0. The number of hydrogen-bond acceptors (Lipinski definition) is 4. The Hall–Kier alpha value is -0.820.